The monoisotopic (exact) mass is 346 g/mol. The number of ether oxygens (including phenoxy) is 1. The molecule has 6 heteroatoms. The van der Waals surface area contributed by atoms with E-state index in [2.05, 4.69) is 21.6 Å². The molecule has 2 aromatic carbocycles. The molecule has 0 spiro atoms. The minimum Gasteiger partial charge on any atom is -0.507 e. The first-order valence-corrected chi connectivity index (χ1v) is 8.03. The summed E-state index contributed by atoms with van der Waals surface area (Å²) in [5, 5.41) is 25.7. The summed E-state index contributed by atoms with van der Waals surface area (Å²) in [5.41, 5.74) is 5.29. The van der Waals surface area contributed by atoms with E-state index >= 15 is 0 Å². The lowest BCUT2D eigenvalue weighted by molar-refractivity contribution is 0.184. The number of fused-ring (bicyclic) bond motifs is 1. The third-order valence-electron chi connectivity index (χ3n) is 3.95. The number of rotatable bonds is 5. The largest absolute Gasteiger partial charge is 0.507 e. The number of aromatic nitrogens is 1. The number of hydrogen-bond donors (Lipinski definition) is 2. The van der Waals surface area contributed by atoms with Crippen molar-refractivity contribution in [2.24, 2.45) is 5.10 Å². The highest BCUT2D eigenvalue weighted by Gasteiger charge is 2.11. The minimum atomic E-state index is 0.132. The van der Waals surface area contributed by atoms with E-state index in [-0.39, 0.29) is 5.75 Å². The van der Waals surface area contributed by atoms with E-state index < -0.39 is 0 Å². The topological polar surface area (TPSA) is 90.5 Å². The third kappa shape index (κ3) is 3.48. The van der Waals surface area contributed by atoms with Gasteiger partial charge in [0.05, 0.1) is 12.8 Å². The van der Waals surface area contributed by atoms with Crippen molar-refractivity contribution in [2.45, 2.75) is 13.5 Å². The maximum Gasteiger partial charge on any atom is 0.164 e. The van der Waals surface area contributed by atoms with Crippen LogP contribution in [-0.2, 0) is 11.3 Å². The third-order valence-corrected chi connectivity index (χ3v) is 3.95. The molecule has 1 heterocycles. The van der Waals surface area contributed by atoms with Gasteiger partial charge in [-0.15, -0.1) is 0 Å². The molecule has 0 bridgehead atoms. The smallest absolute Gasteiger partial charge is 0.164 e. The first kappa shape index (κ1) is 17.4. The predicted octanol–water partition coefficient (Wildman–Crippen LogP) is 3.71. The lowest BCUT2D eigenvalue weighted by Gasteiger charge is -2.09. The van der Waals surface area contributed by atoms with E-state index in [1.165, 1.54) is 6.21 Å². The van der Waals surface area contributed by atoms with Crippen LogP contribution in [0.3, 0.4) is 0 Å². The summed E-state index contributed by atoms with van der Waals surface area (Å²) >= 11 is 0. The fourth-order valence-electron chi connectivity index (χ4n) is 2.79. The van der Waals surface area contributed by atoms with Crippen LogP contribution in [0.15, 0.2) is 47.6 Å². The number of phenols is 1. The molecule has 0 saturated heterocycles. The number of hydrazone groups is 1. The van der Waals surface area contributed by atoms with E-state index in [0.29, 0.717) is 23.6 Å². The number of anilines is 1. The molecular formula is C20H18N4O2. The molecule has 3 aromatic rings. The van der Waals surface area contributed by atoms with Gasteiger partial charge in [-0.25, -0.2) is 4.98 Å². The lowest BCUT2D eigenvalue weighted by Crippen LogP contribution is -2.03. The van der Waals surface area contributed by atoms with Gasteiger partial charge in [0.1, 0.15) is 17.4 Å². The van der Waals surface area contributed by atoms with Gasteiger partial charge >= 0.3 is 0 Å². The Morgan fingerprint density at radius 1 is 1.31 bits per heavy atom. The van der Waals surface area contributed by atoms with Crippen molar-refractivity contribution in [3.05, 3.63) is 64.8 Å². The number of phenolic OH excluding ortho intramolecular Hbond substituents is 1. The van der Waals surface area contributed by atoms with Crippen molar-refractivity contribution in [3.8, 4) is 11.8 Å². The van der Waals surface area contributed by atoms with Crippen LogP contribution in [0.5, 0.6) is 5.75 Å². The van der Waals surface area contributed by atoms with Crippen LogP contribution in [0, 0.1) is 18.3 Å². The Balaban J connectivity index is 1.95. The van der Waals surface area contributed by atoms with E-state index in [1.54, 1.807) is 13.2 Å². The SMILES string of the molecule is COCc1cc(C)nc(N/N=C/c2c(O)ccc3ccccc23)c1C#N. The molecule has 0 fully saturated rings. The maximum atomic E-state index is 10.2. The van der Waals surface area contributed by atoms with Gasteiger partial charge in [0.2, 0.25) is 0 Å². The summed E-state index contributed by atoms with van der Waals surface area (Å²) in [5.74, 6) is 0.488. The zero-order chi connectivity index (χ0) is 18.5. The Kier molecular flexibility index (Phi) is 5.11. The first-order valence-electron chi connectivity index (χ1n) is 8.03. The minimum absolute atomic E-state index is 0.132. The second-order valence-corrected chi connectivity index (χ2v) is 5.78. The lowest BCUT2D eigenvalue weighted by atomic mass is 10.0. The molecule has 0 aliphatic heterocycles. The van der Waals surface area contributed by atoms with Gasteiger partial charge in [-0.1, -0.05) is 30.3 Å². The Bertz CT molecular complexity index is 1020. The summed E-state index contributed by atoms with van der Waals surface area (Å²) in [4.78, 5) is 4.34. The maximum absolute atomic E-state index is 10.2. The summed E-state index contributed by atoms with van der Waals surface area (Å²) in [6, 6.07) is 15.1. The number of hydrogen-bond acceptors (Lipinski definition) is 6. The normalized spacial score (nSPS) is 11.0. The van der Waals surface area contributed by atoms with E-state index in [4.69, 9.17) is 4.74 Å². The number of aromatic hydroxyl groups is 1. The molecule has 0 radical (unpaired) electrons. The van der Waals surface area contributed by atoms with Crippen molar-refractivity contribution >= 4 is 22.8 Å². The van der Waals surface area contributed by atoms with E-state index in [0.717, 1.165) is 22.0 Å². The number of pyridine rings is 1. The molecule has 0 saturated carbocycles. The van der Waals surface area contributed by atoms with Crippen LogP contribution in [0.1, 0.15) is 22.4 Å². The second kappa shape index (κ2) is 7.64. The highest BCUT2D eigenvalue weighted by molar-refractivity contribution is 6.02. The molecule has 2 N–H and O–H groups in total. The number of benzene rings is 2. The standard InChI is InChI=1S/C20H18N4O2/c1-13-9-15(12-26-2)17(10-21)20(23-13)24-22-11-18-16-6-4-3-5-14(16)7-8-19(18)25/h3-9,11,25H,12H2,1-2H3,(H,23,24)/b22-11+. The van der Waals surface area contributed by atoms with Gasteiger partial charge in [0, 0.05) is 23.9 Å². The van der Waals surface area contributed by atoms with E-state index in [1.807, 2.05) is 43.3 Å². The molecule has 0 unspecified atom stereocenters. The summed E-state index contributed by atoms with van der Waals surface area (Å²) < 4.78 is 5.14. The van der Waals surface area contributed by atoms with Crippen molar-refractivity contribution in [2.75, 3.05) is 12.5 Å². The van der Waals surface area contributed by atoms with Gasteiger partial charge in [0.15, 0.2) is 5.82 Å². The molecule has 26 heavy (non-hydrogen) atoms. The number of nitriles is 1. The van der Waals surface area contributed by atoms with Gasteiger partial charge in [-0.3, -0.25) is 5.43 Å². The van der Waals surface area contributed by atoms with Gasteiger partial charge < -0.3 is 9.84 Å². The fraction of sp³-hybridized carbons (Fsp3) is 0.150. The van der Waals surface area contributed by atoms with Crippen LogP contribution in [0.4, 0.5) is 5.82 Å². The average Bonchev–Trinajstić information content (AvgIpc) is 2.63. The zero-order valence-electron chi connectivity index (χ0n) is 14.5. The molecule has 3 rings (SSSR count). The number of nitrogens with one attached hydrogen (secondary N) is 1. The summed E-state index contributed by atoms with van der Waals surface area (Å²) in [6.45, 7) is 2.15. The molecule has 130 valence electrons. The van der Waals surface area contributed by atoms with Crippen LogP contribution >= 0.6 is 0 Å². The second-order valence-electron chi connectivity index (χ2n) is 5.78. The molecule has 0 aliphatic rings. The number of aryl methyl sites for hydroxylation is 1. The Labute approximate surface area is 151 Å². The highest BCUT2D eigenvalue weighted by atomic mass is 16.5. The van der Waals surface area contributed by atoms with Gasteiger partial charge in [-0.05, 0) is 29.8 Å². The van der Waals surface area contributed by atoms with Gasteiger partial charge in [-0.2, -0.15) is 10.4 Å². The summed E-state index contributed by atoms with van der Waals surface area (Å²) in [6.07, 6.45) is 1.53. The molecule has 6 nitrogen and oxygen atoms in total. The van der Waals surface area contributed by atoms with E-state index in [9.17, 15) is 10.4 Å². The molecular weight excluding hydrogens is 328 g/mol. The Morgan fingerprint density at radius 3 is 2.88 bits per heavy atom. The Morgan fingerprint density at radius 2 is 2.12 bits per heavy atom. The Hall–Kier alpha value is -3.43. The molecule has 0 atom stereocenters. The van der Waals surface area contributed by atoms with Gasteiger partial charge in [0.25, 0.3) is 0 Å². The molecule has 0 aliphatic carbocycles. The highest BCUT2D eigenvalue weighted by Crippen LogP contribution is 2.25. The van der Waals surface area contributed by atoms with Crippen LogP contribution in [0.2, 0.25) is 0 Å². The quantitative estimate of drug-likeness (QED) is 0.543. The van der Waals surface area contributed by atoms with Crippen LogP contribution in [0.25, 0.3) is 10.8 Å². The first-order chi connectivity index (χ1) is 12.6. The number of nitrogens with zero attached hydrogens (tertiary/aromatic N) is 3. The zero-order valence-corrected chi connectivity index (χ0v) is 14.5. The van der Waals surface area contributed by atoms with Crippen molar-refractivity contribution in [3.63, 3.8) is 0 Å². The van der Waals surface area contributed by atoms with Crippen molar-refractivity contribution < 1.29 is 9.84 Å². The fourth-order valence-corrected chi connectivity index (χ4v) is 2.79. The van der Waals surface area contributed by atoms with Crippen LogP contribution < -0.4 is 5.43 Å². The molecule has 0 amide bonds. The molecule has 1 aromatic heterocycles. The van der Waals surface area contributed by atoms with Crippen molar-refractivity contribution in [1.82, 2.24) is 4.98 Å². The van der Waals surface area contributed by atoms with Crippen molar-refractivity contribution in [1.29, 1.82) is 5.26 Å². The number of methoxy groups -OCH3 is 1. The summed E-state index contributed by atoms with van der Waals surface area (Å²) in [7, 11) is 1.57. The average molecular weight is 346 g/mol. The van der Waals surface area contributed by atoms with Crippen LogP contribution in [-0.4, -0.2) is 23.4 Å². The predicted molar refractivity (Wildman–Crippen MR) is 101 cm³/mol.